The van der Waals surface area contributed by atoms with Gasteiger partial charge in [-0.1, -0.05) is 35.5 Å². The summed E-state index contributed by atoms with van der Waals surface area (Å²) in [4.78, 5) is 23.9. The zero-order valence-electron chi connectivity index (χ0n) is 14.2. The number of nitrogens with zero attached hydrogens (tertiary/aromatic N) is 3. The molecule has 0 unspecified atom stereocenters. The van der Waals surface area contributed by atoms with Crippen molar-refractivity contribution in [2.24, 2.45) is 7.05 Å². The number of halogens is 1. The van der Waals surface area contributed by atoms with Crippen LogP contribution in [0.2, 0.25) is 5.02 Å². The lowest BCUT2D eigenvalue weighted by molar-refractivity contribution is -0.142. The summed E-state index contributed by atoms with van der Waals surface area (Å²) < 4.78 is 6.58. The molecule has 2 rings (SSSR count). The normalized spacial score (nSPS) is 11.8. The Balaban J connectivity index is 1.99. The standard InChI is InChI=1S/C16H19ClN4O3S/c1-4-24-14(22)9-13-19-20-16(21(13)3)25-10(2)15(23)18-12-8-6-5-7-11(12)17/h5-8,10H,4,9H2,1-3H3,(H,18,23)/t10-/m1/s1. The van der Waals surface area contributed by atoms with Crippen LogP contribution in [-0.2, 0) is 27.8 Å². The van der Waals surface area contributed by atoms with Gasteiger partial charge in [-0.2, -0.15) is 0 Å². The summed E-state index contributed by atoms with van der Waals surface area (Å²) >= 11 is 7.29. The largest absolute Gasteiger partial charge is 0.466 e. The fourth-order valence-electron chi connectivity index (χ4n) is 1.95. The van der Waals surface area contributed by atoms with Gasteiger partial charge in [0.15, 0.2) is 5.16 Å². The molecule has 0 aliphatic heterocycles. The van der Waals surface area contributed by atoms with Gasteiger partial charge in [-0.15, -0.1) is 10.2 Å². The summed E-state index contributed by atoms with van der Waals surface area (Å²) in [6.45, 7) is 3.82. The maximum Gasteiger partial charge on any atom is 0.313 e. The van der Waals surface area contributed by atoms with Crippen LogP contribution in [0.15, 0.2) is 29.4 Å². The summed E-state index contributed by atoms with van der Waals surface area (Å²) in [5.41, 5.74) is 0.558. The van der Waals surface area contributed by atoms with Crippen LogP contribution in [0.5, 0.6) is 0 Å². The second-order valence-electron chi connectivity index (χ2n) is 5.17. The lowest BCUT2D eigenvalue weighted by Gasteiger charge is -2.12. The van der Waals surface area contributed by atoms with Gasteiger partial charge in [-0.05, 0) is 26.0 Å². The monoisotopic (exact) mass is 382 g/mol. The van der Waals surface area contributed by atoms with Gasteiger partial charge in [-0.3, -0.25) is 9.59 Å². The number of esters is 1. The molecule has 25 heavy (non-hydrogen) atoms. The third-order valence-electron chi connectivity index (χ3n) is 3.32. The van der Waals surface area contributed by atoms with Gasteiger partial charge in [0.25, 0.3) is 0 Å². The van der Waals surface area contributed by atoms with Crippen LogP contribution in [-0.4, -0.2) is 38.5 Å². The topological polar surface area (TPSA) is 86.1 Å². The Kier molecular flexibility index (Phi) is 6.83. The number of nitrogens with one attached hydrogen (secondary N) is 1. The van der Waals surface area contributed by atoms with E-state index in [2.05, 4.69) is 15.5 Å². The van der Waals surface area contributed by atoms with Crippen molar-refractivity contribution in [1.29, 1.82) is 0 Å². The summed E-state index contributed by atoms with van der Waals surface area (Å²) in [5.74, 6) is -0.0771. The highest BCUT2D eigenvalue weighted by atomic mass is 35.5. The minimum Gasteiger partial charge on any atom is -0.466 e. The molecule has 0 saturated heterocycles. The van der Waals surface area contributed by atoms with Crippen LogP contribution < -0.4 is 5.32 Å². The van der Waals surface area contributed by atoms with E-state index < -0.39 is 5.25 Å². The molecule has 7 nitrogen and oxygen atoms in total. The van der Waals surface area contributed by atoms with E-state index in [0.717, 1.165) is 0 Å². The number of para-hydroxylation sites is 1. The zero-order chi connectivity index (χ0) is 18.4. The Morgan fingerprint density at radius 2 is 2.08 bits per heavy atom. The smallest absolute Gasteiger partial charge is 0.313 e. The second-order valence-corrected chi connectivity index (χ2v) is 6.88. The Morgan fingerprint density at radius 3 is 2.76 bits per heavy atom. The number of hydrogen-bond acceptors (Lipinski definition) is 6. The predicted molar refractivity (Wildman–Crippen MR) is 96.7 cm³/mol. The molecule has 0 saturated carbocycles. The number of benzene rings is 1. The first-order valence-corrected chi connectivity index (χ1v) is 8.94. The number of thioether (sulfide) groups is 1. The van der Waals surface area contributed by atoms with Crippen molar-refractivity contribution in [3.8, 4) is 0 Å². The molecule has 134 valence electrons. The Labute approximate surface area is 155 Å². The molecule has 0 radical (unpaired) electrons. The van der Waals surface area contributed by atoms with Gasteiger partial charge in [0.2, 0.25) is 5.91 Å². The van der Waals surface area contributed by atoms with Crippen LogP contribution >= 0.6 is 23.4 Å². The van der Waals surface area contributed by atoms with E-state index >= 15 is 0 Å². The molecule has 1 aromatic heterocycles. The predicted octanol–water partition coefficient (Wildman–Crippen LogP) is 2.69. The highest BCUT2D eigenvalue weighted by molar-refractivity contribution is 8.00. The molecule has 1 atom stereocenters. The molecule has 2 aromatic rings. The molecule has 1 heterocycles. The minimum atomic E-state index is -0.422. The maximum atomic E-state index is 12.3. The van der Waals surface area contributed by atoms with Gasteiger partial charge >= 0.3 is 5.97 Å². The summed E-state index contributed by atoms with van der Waals surface area (Å²) in [7, 11) is 1.75. The summed E-state index contributed by atoms with van der Waals surface area (Å²) in [5, 5.41) is 11.4. The Hall–Kier alpha value is -2.06. The number of anilines is 1. The molecule has 0 spiro atoms. The number of carbonyl (C=O) groups excluding carboxylic acids is 2. The van der Waals surface area contributed by atoms with Crippen LogP contribution in [0.4, 0.5) is 5.69 Å². The average molecular weight is 383 g/mol. The first kappa shape index (κ1) is 19.3. The van der Waals surface area contributed by atoms with E-state index in [1.54, 1.807) is 49.7 Å². The number of ether oxygens (including phenoxy) is 1. The number of rotatable bonds is 7. The molecule has 1 aromatic carbocycles. The van der Waals surface area contributed by atoms with Crippen molar-refractivity contribution in [2.45, 2.75) is 30.7 Å². The molecule has 1 amide bonds. The molecule has 0 aliphatic carbocycles. The SMILES string of the molecule is CCOC(=O)Cc1nnc(S[C@H](C)C(=O)Nc2ccccc2Cl)n1C. The minimum absolute atomic E-state index is 0.0398. The fourth-order valence-corrected chi connectivity index (χ4v) is 2.97. The molecule has 1 N–H and O–H groups in total. The highest BCUT2D eigenvalue weighted by Gasteiger charge is 2.20. The maximum absolute atomic E-state index is 12.3. The number of hydrogen-bond donors (Lipinski definition) is 1. The van der Waals surface area contributed by atoms with Crippen molar-refractivity contribution < 1.29 is 14.3 Å². The van der Waals surface area contributed by atoms with E-state index in [1.807, 2.05) is 0 Å². The molecule has 0 fully saturated rings. The lowest BCUT2D eigenvalue weighted by Crippen LogP contribution is -2.23. The third kappa shape index (κ3) is 5.20. The number of amides is 1. The van der Waals surface area contributed by atoms with Crippen LogP contribution in [0.1, 0.15) is 19.7 Å². The first-order chi connectivity index (χ1) is 11.9. The lowest BCUT2D eigenvalue weighted by atomic mass is 10.3. The van der Waals surface area contributed by atoms with Crippen molar-refractivity contribution in [3.63, 3.8) is 0 Å². The van der Waals surface area contributed by atoms with Gasteiger partial charge in [0.1, 0.15) is 12.2 Å². The van der Waals surface area contributed by atoms with E-state index in [-0.39, 0.29) is 18.3 Å². The van der Waals surface area contributed by atoms with Crippen molar-refractivity contribution in [2.75, 3.05) is 11.9 Å². The Bertz CT molecular complexity index is 766. The zero-order valence-corrected chi connectivity index (χ0v) is 15.7. The van der Waals surface area contributed by atoms with Gasteiger partial charge in [0.05, 0.1) is 22.6 Å². The second kappa shape index (κ2) is 8.87. The molecule has 9 heteroatoms. The molecule has 0 bridgehead atoms. The fraction of sp³-hybridized carbons (Fsp3) is 0.375. The van der Waals surface area contributed by atoms with E-state index in [1.165, 1.54) is 11.8 Å². The first-order valence-electron chi connectivity index (χ1n) is 7.68. The van der Waals surface area contributed by atoms with E-state index in [0.29, 0.717) is 28.3 Å². The highest BCUT2D eigenvalue weighted by Crippen LogP contribution is 2.25. The van der Waals surface area contributed by atoms with E-state index in [4.69, 9.17) is 16.3 Å². The van der Waals surface area contributed by atoms with Crippen LogP contribution in [0.3, 0.4) is 0 Å². The quantitative estimate of drug-likeness (QED) is 0.585. The summed E-state index contributed by atoms with van der Waals surface area (Å²) in [6, 6.07) is 7.03. The van der Waals surface area contributed by atoms with Gasteiger partial charge in [-0.25, -0.2) is 0 Å². The summed E-state index contributed by atoms with van der Waals surface area (Å²) in [6.07, 6.45) is 0.0398. The van der Waals surface area contributed by atoms with Crippen molar-refractivity contribution >= 4 is 40.9 Å². The average Bonchev–Trinajstić information content (AvgIpc) is 2.90. The molecular weight excluding hydrogens is 364 g/mol. The number of aromatic nitrogens is 3. The van der Waals surface area contributed by atoms with Crippen LogP contribution in [0.25, 0.3) is 0 Å². The van der Waals surface area contributed by atoms with Gasteiger partial charge in [0, 0.05) is 7.05 Å². The van der Waals surface area contributed by atoms with Crippen molar-refractivity contribution in [1.82, 2.24) is 14.8 Å². The van der Waals surface area contributed by atoms with Crippen molar-refractivity contribution in [3.05, 3.63) is 35.1 Å². The molecular formula is C16H19ClN4O3S. The Morgan fingerprint density at radius 1 is 1.36 bits per heavy atom. The number of carbonyl (C=O) groups is 2. The third-order valence-corrected chi connectivity index (χ3v) is 4.78. The van der Waals surface area contributed by atoms with E-state index in [9.17, 15) is 9.59 Å². The van der Waals surface area contributed by atoms with Crippen LogP contribution in [0, 0.1) is 0 Å². The molecule has 0 aliphatic rings. The van der Waals surface area contributed by atoms with Gasteiger partial charge < -0.3 is 14.6 Å².